The molecule has 85 heavy (non-hydrogen) atoms. The molecule has 4 fully saturated rings. The molecule has 4 atom stereocenters. The number of anilines is 2. The fraction of sp³-hybridized carbons (Fsp3) is 0.369. The van der Waals surface area contributed by atoms with Crippen LogP contribution in [0.25, 0.3) is 34.2 Å². The standard InChI is InChI=1S/C35H40FN7O3.C30H32FN7O/c1-35(2,3)46-34(45)42-20-18-41(19-21-42)32-33(44)43(28-13-9-25(10-14-28)31-38-16-5-17-39-31)23-27(40-32)6-4-15-37-30-22-29(30)24-7-11-26(36)12-8-24;31-23-8-4-21(5-9-23)26-19-27(26)33-12-1-3-24-20-38(30(39)29(36-24)37-17-15-32-16-18-37)25-10-6-22(7-11-25)28-34-13-2-14-35-28/h5,7-14,16-17,23,29-30,37H,4,6,15,18-22H2,1-3H3;2,4-11,13-14,20,26-27,32-33H,1,3,12,15-19H2/t29-,30+;26-,27+/m00/s1. The number of halogens is 2. The van der Waals surface area contributed by atoms with Crippen LogP contribution < -0.4 is 36.9 Å². The second-order valence-corrected chi connectivity index (χ2v) is 23.0. The normalized spacial score (nSPS) is 18.3. The molecule has 4 aromatic heterocycles. The SMILES string of the molecule is CC(C)(C)OC(=O)N1CCN(c2nc(CCCN[C@@H]3C[C@H]3c3ccc(F)cc3)cn(-c3ccc(-c4ncccn4)cc3)c2=O)CC1.O=c1c(N2CCNCC2)nc(CCCN[C@@H]2C[C@H]2c2ccc(F)cc2)cn1-c1ccc(-c2ncccn2)cc1. The molecule has 440 valence electrons. The van der Waals surface area contributed by atoms with Crippen molar-refractivity contribution in [2.75, 3.05) is 75.2 Å². The molecular weight excluding hydrogens is 1080 g/mol. The molecule has 6 heterocycles. The highest BCUT2D eigenvalue weighted by molar-refractivity contribution is 5.68. The van der Waals surface area contributed by atoms with E-state index in [0.29, 0.717) is 79.8 Å². The zero-order chi connectivity index (χ0) is 58.9. The molecule has 0 radical (unpaired) electrons. The second kappa shape index (κ2) is 26.5. The minimum Gasteiger partial charge on any atom is -0.444 e. The van der Waals surface area contributed by atoms with Crippen LogP contribution in [0, 0.1) is 11.6 Å². The third kappa shape index (κ3) is 15.0. The van der Waals surface area contributed by atoms with Crippen molar-refractivity contribution >= 4 is 17.7 Å². The minimum atomic E-state index is -0.573. The topological polar surface area (TPSA) is 193 Å². The molecule has 2 aliphatic carbocycles. The predicted octanol–water partition coefficient (Wildman–Crippen LogP) is 8.28. The minimum absolute atomic E-state index is 0.109. The van der Waals surface area contributed by atoms with E-state index in [1.807, 2.05) is 111 Å². The monoisotopic (exact) mass is 1150 g/mol. The Balaban J connectivity index is 0.000000179. The molecule has 18 nitrogen and oxygen atoms in total. The van der Waals surface area contributed by atoms with Crippen LogP contribution in [-0.4, -0.2) is 133 Å². The van der Waals surface area contributed by atoms with E-state index in [1.165, 1.54) is 29.8 Å². The number of rotatable bonds is 18. The summed E-state index contributed by atoms with van der Waals surface area (Å²) in [5.74, 6) is 2.61. The summed E-state index contributed by atoms with van der Waals surface area (Å²) < 4.78 is 35.5. The smallest absolute Gasteiger partial charge is 0.410 e. The van der Waals surface area contributed by atoms with Crippen molar-refractivity contribution in [2.45, 2.75) is 88.8 Å². The second-order valence-electron chi connectivity index (χ2n) is 23.0. The van der Waals surface area contributed by atoms with E-state index < -0.39 is 5.60 Å². The lowest BCUT2D eigenvalue weighted by Crippen LogP contribution is -2.51. The number of hydrogen-bond donors (Lipinski definition) is 3. The summed E-state index contributed by atoms with van der Waals surface area (Å²) in [6, 6.07) is 33.3. The molecule has 2 aliphatic heterocycles. The summed E-state index contributed by atoms with van der Waals surface area (Å²) in [5, 5.41) is 10.6. The lowest BCUT2D eigenvalue weighted by Gasteiger charge is -2.36. The van der Waals surface area contributed by atoms with Crippen LogP contribution in [0.5, 0.6) is 0 Å². The first-order chi connectivity index (χ1) is 41.3. The van der Waals surface area contributed by atoms with Gasteiger partial charge in [0.1, 0.15) is 17.2 Å². The van der Waals surface area contributed by atoms with Gasteiger partial charge in [0.05, 0.1) is 11.4 Å². The van der Waals surface area contributed by atoms with Crippen LogP contribution in [0.15, 0.2) is 156 Å². The van der Waals surface area contributed by atoms with E-state index in [-0.39, 0.29) is 28.8 Å². The first-order valence-corrected chi connectivity index (χ1v) is 29.5. The highest BCUT2D eigenvalue weighted by atomic mass is 19.1. The number of aryl methyl sites for hydroxylation is 2. The first kappa shape index (κ1) is 58.2. The van der Waals surface area contributed by atoms with Crippen molar-refractivity contribution in [3.63, 3.8) is 0 Å². The van der Waals surface area contributed by atoms with Gasteiger partial charge in [-0.05, 0) is 168 Å². The van der Waals surface area contributed by atoms with Gasteiger partial charge in [0.15, 0.2) is 23.3 Å². The lowest BCUT2D eigenvalue weighted by molar-refractivity contribution is 0.0240. The molecular formula is C65H72F2N14O4. The number of benzene rings is 4. The summed E-state index contributed by atoms with van der Waals surface area (Å²) in [6.07, 6.45) is 15.5. The van der Waals surface area contributed by atoms with Crippen LogP contribution in [0.4, 0.5) is 25.2 Å². The maximum atomic E-state index is 13.9. The van der Waals surface area contributed by atoms with E-state index in [0.717, 1.165) is 111 Å². The van der Waals surface area contributed by atoms with Gasteiger partial charge in [0, 0.05) is 136 Å². The molecule has 0 spiro atoms. The molecule has 3 N–H and O–H groups in total. The van der Waals surface area contributed by atoms with E-state index in [9.17, 15) is 23.2 Å². The van der Waals surface area contributed by atoms with Gasteiger partial charge in [0.2, 0.25) is 0 Å². The Morgan fingerprint density at radius 3 is 1.40 bits per heavy atom. The van der Waals surface area contributed by atoms with E-state index >= 15 is 0 Å². The maximum absolute atomic E-state index is 13.9. The van der Waals surface area contributed by atoms with Crippen LogP contribution in [0.1, 0.15) is 80.8 Å². The number of nitrogens with zero attached hydrogens (tertiary/aromatic N) is 11. The van der Waals surface area contributed by atoms with Crippen LogP contribution in [-0.2, 0) is 17.6 Å². The Kier molecular flexibility index (Phi) is 18.2. The largest absolute Gasteiger partial charge is 0.444 e. The van der Waals surface area contributed by atoms with Crippen LogP contribution in [0.2, 0.25) is 0 Å². The third-order valence-corrected chi connectivity index (χ3v) is 15.7. The van der Waals surface area contributed by atoms with Gasteiger partial charge < -0.3 is 35.4 Å². The molecule has 2 saturated heterocycles. The summed E-state index contributed by atoms with van der Waals surface area (Å²) in [4.78, 5) is 72.8. The molecule has 2 saturated carbocycles. The Hall–Kier alpha value is -8.59. The molecule has 20 heteroatoms. The molecule has 8 aromatic rings. The molecule has 12 rings (SSSR count). The summed E-state index contributed by atoms with van der Waals surface area (Å²) >= 11 is 0. The highest BCUT2D eigenvalue weighted by Crippen LogP contribution is 2.41. The van der Waals surface area contributed by atoms with Gasteiger partial charge in [-0.1, -0.05) is 24.3 Å². The number of hydrogen-bond acceptors (Lipinski definition) is 15. The number of carbonyl (C=O) groups is 1. The zero-order valence-electron chi connectivity index (χ0n) is 48.3. The molecule has 0 unspecified atom stereocenters. The molecule has 1 amide bonds. The zero-order valence-corrected chi connectivity index (χ0v) is 48.3. The summed E-state index contributed by atoms with van der Waals surface area (Å²) in [6.45, 7) is 12.2. The average molecular weight is 1150 g/mol. The molecule has 4 aliphatic rings. The quantitative estimate of drug-likeness (QED) is 0.0695. The Bertz CT molecular complexity index is 3630. The van der Waals surface area contributed by atoms with Gasteiger partial charge in [-0.3, -0.25) is 18.7 Å². The number of carbonyl (C=O) groups excluding carboxylic acids is 1. The van der Waals surface area contributed by atoms with Gasteiger partial charge in [-0.2, -0.15) is 0 Å². The fourth-order valence-electron chi connectivity index (χ4n) is 10.9. The summed E-state index contributed by atoms with van der Waals surface area (Å²) in [5.41, 5.74) is 6.43. The number of nitrogens with one attached hydrogen (secondary N) is 3. The Labute approximate surface area is 493 Å². The fourth-order valence-corrected chi connectivity index (χ4v) is 10.9. The van der Waals surface area contributed by atoms with Crippen molar-refractivity contribution in [3.8, 4) is 34.2 Å². The van der Waals surface area contributed by atoms with Gasteiger partial charge in [-0.25, -0.2) is 43.5 Å². The predicted molar refractivity (Wildman–Crippen MR) is 325 cm³/mol. The van der Waals surface area contributed by atoms with Crippen molar-refractivity contribution in [1.82, 2.24) is 59.9 Å². The maximum Gasteiger partial charge on any atom is 0.410 e. The lowest BCUT2D eigenvalue weighted by atomic mass is 10.1. The number of aromatic nitrogens is 8. The van der Waals surface area contributed by atoms with E-state index in [2.05, 4.69) is 40.8 Å². The average Bonchev–Trinajstić information content (AvgIpc) is 4.42. The Morgan fingerprint density at radius 1 is 0.576 bits per heavy atom. The highest BCUT2D eigenvalue weighted by Gasteiger charge is 2.38. The first-order valence-electron chi connectivity index (χ1n) is 29.5. The van der Waals surface area contributed by atoms with Crippen LogP contribution in [0.3, 0.4) is 0 Å². The molecule has 0 bridgehead atoms. The number of piperazine rings is 2. The van der Waals surface area contributed by atoms with Gasteiger partial charge >= 0.3 is 6.09 Å². The van der Waals surface area contributed by atoms with Crippen LogP contribution >= 0.6 is 0 Å². The van der Waals surface area contributed by atoms with Crippen molar-refractivity contribution < 1.29 is 18.3 Å². The van der Waals surface area contributed by atoms with Gasteiger partial charge in [0.25, 0.3) is 11.1 Å². The van der Waals surface area contributed by atoms with Gasteiger partial charge in [-0.15, -0.1) is 0 Å². The van der Waals surface area contributed by atoms with Crippen molar-refractivity contribution in [3.05, 3.63) is 201 Å². The Morgan fingerprint density at radius 2 is 0.988 bits per heavy atom. The third-order valence-electron chi connectivity index (χ3n) is 15.7. The molecule has 4 aromatic carbocycles. The number of amides is 1. The van der Waals surface area contributed by atoms with Crippen molar-refractivity contribution in [2.24, 2.45) is 0 Å². The number of ether oxygens (including phenoxy) is 1. The van der Waals surface area contributed by atoms with E-state index in [4.69, 9.17) is 14.7 Å². The van der Waals surface area contributed by atoms with Crippen molar-refractivity contribution in [1.29, 1.82) is 0 Å². The summed E-state index contributed by atoms with van der Waals surface area (Å²) in [7, 11) is 0. The van der Waals surface area contributed by atoms with E-state index in [1.54, 1.807) is 51.0 Å².